The number of sulfone groups is 1. The van der Waals surface area contributed by atoms with E-state index in [1.807, 2.05) is 0 Å². The number of hydrogen-bond donors (Lipinski definition) is 2. The molecule has 1 heterocycles. The molecule has 1 fully saturated rings. The van der Waals surface area contributed by atoms with Gasteiger partial charge in [0.05, 0.1) is 23.4 Å². The highest BCUT2D eigenvalue weighted by Gasteiger charge is 2.33. The van der Waals surface area contributed by atoms with Gasteiger partial charge in [-0.15, -0.1) is 0 Å². The number of nitrogens with one attached hydrogen (secondary N) is 1. The molecule has 0 saturated carbocycles. The smallest absolute Gasteiger partial charge is 0.214 e. The first-order valence-corrected chi connectivity index (χ1v) is 9.00. The lowest BCUT2D eigenvalue weighted by molar-refractivity contribution is 0.253. The van der Waals surface area contributed by atoms with Gasteiger partial charge >= 0.3 is 0 Å². The van der Waals surface area contributed by atoms with Crippen molar-refractivity contribution in [1.82, 2.24) is 4.72 Å². The van der Waals surface area contributed by atoms with Gasteiger partial charge in [-0.3, -0.25) is 0 Å². The van der Waals surface area contributed by atoms with Gasteiger partial charge in [0.1, 0.15) is 9.84 Å². The predicted octanol–water partition coefficient (Wildman–Crippen LogP) is -0.746. The average molecular weight is 285 g/mol. The zero-order valence-electron chi connectivity index (χ0n) is 9.79. The molecule has 0 spiro atoms. The molecule has 0 aromatic carbocycles. The second-order valence-electron chi connectivity index (χ2n) is 4.30. The molecule has 0 aromatic rings. The van der Waals surface area contributed by atoms with E-state index >= 15 is 0 Å². The second kappa shape index (κ2) is 5.64. The van der Waals surface area contributed by atoms with E-state index in [1.165, 1.54) is 0 Å². The van der Waals surface area contributed by atoms with Crippen molar-refractivity contribution in [3.63, 3.8) is 0 Å². The monoisotopic (exact) mass is 285 g/mol. The third-order valence-electron chi connectivity index (χ3n) is 2.98. The number of aliphatic hydroxyl groups is 1. The standard InChI is InChI=1S/C9H19NO5S2/c1-2-8(7-11)10-17(14,15)9-3-5-16(12,13)6-4-9/h8-11H,2-7H2,1H3. The molecule has 1 aliphatic rings. The Hall–Kier alpha value is -0.180. The minimum atomic E-state index is -3.53. The lowest BCUT2D eigenvalue weighted by Crippen LogP contribution is -2.45. The van der Waals surface area contributed by atoms with Gasteiger partial charge in [0.2, 0.25) is 10.0 Å². The van der Waals surface area contributed by atoms with Gasteiger partial charge in [-0.25, -0.2) is 21.6 Å². The van der Waals surface area contributed by atoms with E-state index in [2.05, 4.69) is 4.72 Å². The first-order valence-electron chi connectivity index (χ1n) is 5.63. The molecular formula is C9H19NO5S2. The van der Waals surface area contributed by atoms with Crippen molar-refractivity contribution in [3.8, 4) is 0 Å². The molecule has 0 bridgehead atoms. The molecule has 0 aliphatic carbocycles. The predicted molar refractivity (Wildman–Crippen MR) is 64.9 cm³/mol. The molecule has 17 heavy (non-hydrogen) atoms. The fourth-order valence-electron chi connectivity index (χ4n) is 1.76. The van der Waals surface area contributed by atoms with Crippen LogP contribution in [0.4, 0.5) is 0 Å². The minimum absolute atomic E-state index is 0.0749. The number of hydrogen-bond acceptors (Lipinski definition) is 5. The zero-order valence-corrected chi connectivity index (χ0v) is 11.4. The van der Waals surface area contributed by atoms with E-state index in [0.29, 0.717) is 6.42 Å². The van der Waals surface area contributed by atoms with Crippen LogP contribution >= 0.6 is 0 Å². The van der Waals surface area contributed by atoms with Crippen LogP contribution in [0.5, 0.6) is 0 Å². The lowest BCUT2D eigenvalue weighted by Gasteiger charge is -2.24. The van der Waals surface area contributed by atoms with Crippen LogP contribution in [-0.2, 0) is 19.9 Å². The highest BCUT2D eigenvalue weighted by Crippen LogP contribution is 2.19. The summed E-state index contributed by atoms with van der Waals surface area (Å²) in [5, 5.41) is 8.29. The number of sulfonamides is 1. The summed E-state index contributed by atoms with van der Waals surface area (Å²) in [4.78, 5) is 0. The summed E-state index contributed by atoms with van der Waals surface area (Å²) in [6.07, 6.45) is 0.778. The van der Waals surface area contributed by atoms with Crippen LogP contribution in [0.3, 0.4) is 0 Å². The third kappa shape index (κ3) is 4.20. The van der Waals surface area contributed by atoms with E-state index < -0.39 is 31.2 Å². The SMILES string of the molecule is CCC(CO)NS(=O)(=O)C1CCS(=O)(=O)CC1. The van der Waals surface area contributed by atoms with Crippen LogP contribution < -0.4 is 4.72 Å². The Balaban J connectivity index is 2.66. The quantitative estimate of drug-likeness (QED) is 0.692. The van der Waals surface area contributed by atoms with E-state index in [0.717, 1.165) is 0 Å². The van der Waals surface area contributed by atoms with Crippen LogP contribution in [0.1, 0.15) is 26.2 Å². The molecule has 1 rings (SSSR count). The van der Waals surface area contributed by atoms with Crippen LogP contribution in [0.15, 0.2) is 0 Å². The summed E-state index contributed by atoms with van der Waals surface area (Å²) in [5.74, 6) is -0.150. The summed E-state index contributed by atoms with van der Waals surface area (Å²) in [6, 6.07) is -0.487. The molecule has 1 atom stereocenters. The summed E-state index contributed by atoms with van der Waals surface area (Å²) >= 11 is 0. The number of aliphatic hydroxyl groups excluding tert-OH is 1. The van der Waals surface area contributed by atoms with E-state index in [-0.39, 0.29) is 31.0 Å². The molecule has 0 amide bonds. The van der Waals surface area contributed by atoms with Crippen molar-refractivity contribution in [2.45, 2.75) is 37.5 Å². The Morgan fingerprint density at radius 1 is 1.35 bits per heavy atom. The van der Waals surface area contributed by atoms with Crippen LogP contribution in [0, 0.1) is 0 Å². The van der Waals surface area contributed by atoms with Crippen molar-refractivity contribution in [3.05, 3.63) is 0 Å². The molecule has 6 nitrogen and oxygen atoms in total. The van der Waals surface area contributed by atoms with Crippen molar-refractivity contribution in [2.75, 3.05) is 18.1 Å². The fraction of sp³-hybridized carbons (Fsp3) is 1.00. The largest absolute Gasteiger partial charge is 0.395 e. The van der Waals surface area contributed by atoms with Crippen LogP contribution in [-0.4, -0.2) is 51.3 Å². The van der Waals surface area contributed by atoms with Gasteiger partial charge < -0.3 is 5.11 Å². The summed E-state index contributed by atoms with van der Waals surface area (Å²) in [7, 11) is -6.59. The minimum Gasteiger partial charge on any atom is -0.395 e. The van der Waals surface area contributed by atoms with Gasteiger partial charge in [-0.2, -0.15) is 0 Å². The first-order chi connectivity index (χ1) is 7.80. The van der Waals surface area contributed by atoms with Crippen LogP contribution in [0.2, 0.25) is 0 Å². The molecule has 8 heteroatoms. The Bertz CT molecular complexity index is 424. The molecule has 1 aliphatic heterocycles. The maximum Gasteiger partial charge on any atom is 0.214 e. The van der Waals surface area contributed by atoms with Crippen LogP contribution in [0.25, 0.3) is 0 Å². The first kappa shape index (κ1) is 14.9. The second-order valence-corrected chi connectivity index (χ2v) is 8.60. The molecule has 2 N–H and O–H groups in total. The molecule has 102 valence electrons. The van der Waals surface area contributed by atoms with Crippen molar-refractivity contribution < 1.29 is 21.9 Å². The van der Waals surface area contributed by atoms with Gasteiger partial charge in [0, 0.05) is 6.04 Å². The van der Waals surface area contributed by atoms with Crippen molar-refractivity contribution >= 4 is 19.9 Å². The normalized spacial score (nSPS) is 23.4. The van der Waals surface area contributed by atoms with Gasteiger partial charge in [0.25, 0.3) is 0 Å². The summed E-state index contributed by atoms with van der Waals surface area (Å²) in [5.41, 5.74) is 0. The number of rotatable bonds is 5. The molecule has 0 aromatic heterocycles. The zero-order chi connectivity index (χ0) is 13.1. The highest BCUT2D eigenvalue weighted by atomic mass is 32.2. The topological polar surface area (TPSA) is 101 Å². The molecule has 1 unspecified atom stereocenters. The van der Waals surface area contributed by atoms with Gasteiger partial charge in [-0.05, 0) is 19.3 Å². The maximum absolute atomic E-state index is 11.9. The molecule has 1 saturated heterocycles. The Kier molecular flexibility index (Phi) is 4.94. The lowest BCUT2D eigenvalue weighted by atomic mass is 10.2. The van der Waals surface area contributed by atoms with Gasteiger partial charge in [0.15, 0.2) is 0 Å². The third-order valence-corrected chi connectivity index (χ3v) is 6.71. The Labute approximate surface area is 102 Å². The van der Waals surface area contributed by atoms with E-state index in [4.69, 9.17) is 5.11 Å². The van der Waals surface area contributed by atoms with E-state index in [1.54, 1.807) is 6.92 Å². The molecule has 0 radical (unpaired) electrons. The Morgan fingerprint density at radius 3 is 2.29 bits per heavy atom. The maximum atomic E-state index is 11.9. The Morgan fingerprint density at radius 2 is 1.88 bits per heavy atom. The molecular weight excluding hydrogens is 266 g/mol. The van der Waals surface area contributed by atoms with Gasteiger partial charge in [-0.1, -0.05) is 6.92 Å². The summed E-state index contributed by atoms with van der Waals surface area (Å²) < 4.78 is 48.6. The highest BCUT2D eigenvalue weighted by molar-refractivity contribution is 7.92. The van der Waals surface area contributed by atoms with Crippen molar-refractivity contribution in [1.29, 1.82) is 0 Å². The van der Waals surface area contributed by atoms with Crippen molar-refractivity contribution in [2.24, 2.45) is 0 Å². The summed E-state index contributed by atoms with van der Waals surface area (Å²) in [6.45, 7) is 1.52. The van der Waals surface area contributed by atoms with E-state index in [9.17, 15) is 16.8 Å². The average Bonchev–Trinajstić information content (AvgIpc) is 2.25. The fourth-order valence-corrected chi connectivity index (χ4v) is 5.30.